The van der Waals surface area contributed by atoms with Crippen LogP contribution in [0.25, 0.3) is 0 Å². The first-order valence-electron chi connectivity index (χ1n) is 5.87. The number of nitriles is 1. The smallest absolute Gasteiger partial charge is 0.251 e. The number of nitrogen functional groups attached to an aromatic ring is 1. The molecule has 2 rings (SSSR count). The van der Waals surface area contributed by atoms with Gasteiger partial charge in [-0.3, -0.25) is 4.79 Å². The zero-order valence-electron chi connectivity index (χ0n) is 9.82. The van der Waals surface area contributed by atoms with Crippen LogP contribution >= 0.6 is 15.9 Å². The Hall–Kier alpha value is -1.54. The summed E-state index contributed by atoms with van der Waals surface area (Å²) >= 11 is 3.29. The van der Waals surface area contributed by atoms with Crippen LogP contribution < -0.4 is 11.1 Å². The van der Waals surface area contributed by atoms with Crippen LogP contribution in [0.2, 0.25) is 0 Å². The molecule has 1 aliphatic rings. The van der Waals surface area contributed by atoms with Crippen LogP contribution in [0.1, 0.15) is 29.6 Å². The second-order valence-electron chi connectivity index (χ2n) is 4.48. The van der Waals surface area contributed by atoms with Gasteiger partial charge in [-0.15, -0.1) is 0 Å². The van der Waals surface area contributed by atoms with Crippen LogP contribution in [0.4, 0.5) is 5.69 Å². The number of rotatable bonds is 2. The molecule has 0 aromatic heterocycles. The van der Waals surface area contributed by atoms with Crippen LogP contribution in [0.15, 0.2) is 22.7 Å². The van der Waals surface area contributed by atoms with E-state index in [9.17, 15) is 4.79 Å². The molecule has 18 heavy (non-hydrogen) atoms. The Balaban J connectivity index is 2.08. The molecule has 1 aliphatic carbocycles. The molecule has 4 nitrogen and oxygen atoms in total. The topological polar surface area (TPSA) is 78.9 Å². The monoisotopic (exact) mass is 307 g/mol. The Morgan fingerprint density at radius 3 is 2.94 bits per heavy atom. The van der Waals surface area contributed by atoms with Crippen LogP contribution in [-0.4, -0.2) is 11.9 Å². The lowest BCUT2D eigenvalue weighted by Gasteiger charge is -2.15. The van der Waals surface area contributed by atoms with Gasteiger partial charge in [0.15, 0.2) is 0 Å². The number of nitrogens with one attached hydrogen (secondary N) is 1. The number of halogens is 1. The van der Waals surface area contributed by atoms with E-state index in [-0.39, 0.29) is 17.9 Å². The fourth-order valence-electron chi connectivity index (χ4n) is 2.22. The van der Waals surface area contributed by atoms with Gasteiger partial charge in [-0.25, -0.2) is 0 Å². The fourth-order valence-corrected chi connectivity index (χ4v) is 2.47. The number of nitrogens with two attached hydrogens (primary N) is 1. The maximum Gasteiger partial charge on any atom is 0.251 e. The molecule has 0 spiro atoms. The Kier molecular flexibility index (Phi) is 3.87. The average molecular weight is 308 g/mol. The predicted molar refractivity (Wildman–Crippen MR) is 72.8 cm³/mol. The van der Waals surface area contributed by atoms with Gasteiger partial charge in [-0.2, -0.15) is 5.26 Å². The summed E-state index contributed by atoms with van der Waals surface area (Å²) in [6, 6.07) is 7.31. The van der Waals surface area contributed by atoms with Crippen molar-refractivity contribution in [1.29, 1.82) is 5.26 Å². The second-order valence-corrected chi connectivity index (χ2v) is 5.34. The minimum atomic E-state index is -0.165. The SMILES string of the molecule is N#CC1CCCC1NC(=O)c1ccc(Br)c(N)c1. The molecule has 2 unspecified atom stereocenters. The summed E-state index contributed by atoms with van der Waals surface area (Å²) in [5.41, 5.74) is 6.80. The molecule has 1 aromatic rings. The normalized spacial score (nSPS) is 22.4. The Labute approximate surface area is 114 Å². The number of carbonyl (C=O) groups is 1. The molecule has 0 heterocycles. The number of hydrogen-bond acceptors (Lipinski definition) is 3. The lowest BCUT2D eigenvalue weighted by Crippen LogP contribution is -2.36. The highest BCUT2D eigenvalue weighted by atomic mass is 79.9. The highest BCUT2D eigenvalue weighted by Gasteiger charge is 2.28. The van der Waals surface area contributed by atoms with Crippen LogP contribution in [-0.2, 0) is 0 Å². The summed E-state index contributed by atoms with van der Waals surface area (Å²) in [5.74, 6) is -0.233. The maximum absolute atomic E-state index is 12.0. The number of amides is 1. The molecule has 5 heteroatoms. The van der Waals surface area contributed by atoms with Crippen molar-refractivity contribution in [3.05, 3.63) is 28.2 Å². The van der Waals surface area contributed by atoms with Gasteiger partial charge in [0.25, 0.3) is 5.91 Å². The number of anilines is 1. The van der Waals surface area contributed by atoms with Gasteiger partial charge in [0.05, 0.1) is 12.0 Å². The van der Waals surface area contributed by atoms with Crippen molar-refractivity contribution < 1.29 is 4.79 Å². The van der Waals surface area contributed by atoms with Crippen LogP contribution in [0, 0.1) is 17.2 Å². The van der Waals surface area contributed by atoms with E-state index in [0.717, 1.165) is 23.7 Å². The Morgan fingerprint density at radius 2 is 2.28 bits per heavy atom. The zero-order valence-corrected chi connectivity index (χ0v) is 11.4. The summed E-state index contributed by atoms with van der Waals surface area (Å²) in [6.45, 7) is 0. The quantitative estimate of drug-likeness (QED) is 0.824. The Bertz CT molecular complexity index is 509. The van der Waals surface area contributed by atoms with Crippen molar-refractivity contribution >= 4 is 27.5 Å². The van der Waals surface area contributed by atoms with Gasteiger partial charge in [0, 0.05) is 21.8 Å². The highest BCUT2D eigenvalue weighted by Crippen LogP contribution is 2.25. The van der Waals surface area contributed by atoms with Gasteiger partial charge in [-0.05, 0) is 53.4 Å². The van der Waals surface area contributed by atoms with Crippen molar-refractivity contribution in [2.24, 2.45) is 5.92 Å². The van der Waals surface area contributed by atoms with Gasteiger partial charge in [0.1, 0.15) is 0 Å². The molecule has 1 saturated carbocycles. The van der Waals surface area contributed by atoms with Crippen LogP contribution in [0.5, 0.6) is 0 Å². The van der Waals surface area contributed by atoms with Gasteiger partial charge < -0.3 is 11.1 Å². The van der Waals surface area contributed by atoms with Gasteiger partial charge in [-0.1, -0.05) is 0 Å². The standard InChI is InChI=1S/C13H14BrN3O/c14-10-5-4-8(6-11(10)16)13(18)17-12-3-1-2-9(12)7-15/h4-6,9,12H,1-3,16H2,(H,17,18). The van der Waals surface area contributed by atoms with Gasteiger partial charge in [0.2, 0.25) is 0 Å². The molecule has 3 N–H and O–H groups in total. The average Bonchev–Trinajstić information content (AvgIpc) is 2.79. The highest BCUT2D eigenvalue weighted by molar-refractivity contribution is 9.10. The van der Waals surface area contributed by atoms with Crippen molar-refractivity contribution in [3.8, 4) is 6.07 Å². The molecular formula is C13H14BrN3O. The predicted octanol–water partition coefficient (Wildman–Crippen LogP) is 2.45. The van der Waals surface area contributed by atoms with E-state index < -0.39 is 0 Å². The number of hydrogen-bond donors (Lipinski definition) is 2. The summed E-state index contributed by atoms with van der Waals surface area (Å²) in [4.78, 5) is 12.0. The molecule has 1 amide bonds. The van der Waals surface area contributed by atoms with Gasteiger partial charge >= 0.3 is 0 Å². The van der Waals surface area contributed by atoms with E-state index in [1.54, 1.807) is 18.2 Å². The largest absolute Gasteiger partial charge is 0.398 e. The molecule has 0 bridgehead atoms. The lowest BCUT2D eigenvalue weighted by molar-refractivity contribution is 0.0933. The second kappa shape index (κ2) is 5.40. The molecule has 0 radical (unpaired) electrons. The molecule has 94 valence electrons. The van der Waals surface area contributed by atoms with E-state index in [1.807, 2.05) is 0 Å². The molecule has 0 aliphatic heterocycles. The van der Waals surface area contributed by atoms with Crippen LogP contribution in [0.3, 0.4) is 0 Å². The number of nitrogens with zero attached hydrogens (tertiary/aromatic N) is 1. The molecule has 1 fully saturated rings. The minimum absolute atomic E-state index is 0.0348. The minimum Gasteiger partial charge on any atom is -0.398 e. The summed E-state index contributed by atoms with van der Waals surface area (Å²) in [7, 11) is 0. The molecule has 2 atom stereocenters. The maximum atomic E-state index is 12.0. The van der Waals surface area contributed by atoms with E-state index in [1.165, 1.54) is 0 Å². The van der Waals surface area contributed by atoms with Crippen molar-refractivity contribution in [1.82, 2.24) is 5.32 Å². The molecular weight excluding hydrogens is 294 g/mol. The van der Waals surface area contributed by atoms with Crippen molar-refractivity contribution in [3.63, 3.8) is 0 Å². The summed E-state index contributed by atoms with van der Waals surface area (Å²) in [6.07, 6.45) is 2.73. The number of carbonyl (C=O) groups excluding carboxylic acids is 1. The lowest BCUT2D eigenvalue weighted by atomic mass is 10.1. The molecule has 1 aromatic carbocycles. The number of benzene rings is 1. The first-order chi connectivity index (χ1) is 8.61. The third-order valence-corrected chi connectivity index (χ3v) is 3.98. The van der Waals surface area contributed by atoms with E-state index >= 15 is 0 Å². The Morgan fingerprint density at radius 1 is 1.50 bits per heavy atom. The van der Waals surface area contributed by atoms with E-state index in [0.29, 0.717) is 11.3 Å². The summed E-state index contributed by atoms with van der Waals surface area (Å²) < 4.78 is 0.773. The first kappa shape index (κ1) is 12.9. The zero-order chi connectivity index (χ0) is 13.1. The third kappa shape index (κ3) is 2.65. The van der Waals surface area contributed by atoms with E-state index in [2.05, 4.69) is 27.3 Å². The van der Waals surface area contributed by atoms with E-state index in [4.69, 9.17) is 11.0 Å². The van der Waals surface area contributed by atoms with Crippen molar-refractivity contribution in [2.75, 3.05) is 5.73 Å². The molecule has 0 saturated heterocycles. The summed E-state index contributed by atoms with van der Waals surface area (Å²) in [5, 5.41) is 11.9. The first-order valence-corrected chi connectivity index (χ1v) is 6.66. The fraction of sp³-hybridized carbons (Fsp3) is 0.385. The third-order valence-electron chi connectivity index (χ3n) is 3.26. The van der Waals surface area contributed by atoms with Crippen molar-refractivity contribution in [2.45, 2.75) is 25.3 Å².